The summed E-state index contributed by atoms with van der Waals surface area (Å²) in [6, 6.07) is 8.02. The summed E-state index contributed by atoms with van der Waals surface area (Å²) in [5, 5.41) is 0. The summed E-state index contributed by atoms with van der Waals surface area (Å²) >= 11 is 0. The van der Waals surface area contributed by atoms with Gasteiger partial charge in [0.25, 0.3) is 0 Å². The number of unbranched alkanes of at least 4 members (excludes halogenated alkanes) is 9. The van der Waals surface area contributed by atoms with Crippen molar-refractivity contribution in [1.29, 1.82) is 0 Å². The second-order valence-corrected chi connectivity index (χ2v) is 8.29. The summed E-state index contributed by atoms with van der Waals surface area (Å²) in [7, 11) is 0. The Bertz CT molecular complexity index is 491. The van der Waals surface area contributed by atoms with Crippen molar-refractivity contribution in [2.24, 2.45) is 0 Å². The third-order valence-electron chi connectivity index (χ3n) is 5.28. The Morgan fingerprint density at radius 1 is 0.469 bits per heavy atom. The number of rotatable bonds is 24. The predicted molar refractivity (Wildman–Crippen MR) is 132 cm³/mol. The van der Waals surface area contributed by atoms with Gasteiger partial charge >= 0.3 is 0 Å². The maximum Gasteiger partial charge on any atom is 0.119 e. The molecule has 0 unspecified atom stereocenters. The van der Waals surface area contributed by atoms with E-state index >= 15 is 0 Å². The molecule has 0 bridgehead atoms. The summed E-state index contributed by atoms with van der Waals surface area (Å²) in [6.45, 7) is 9.91. The first-order chi connectivity index (χ1) is 15.8. The van der Waals surface area contributed by atoms with Gasteiger partial charge in [0.2, 0.25) is 0 Å². The van der Waals surface area contributed by atoms with E-state index in [1.807, 2.05) is 24.3 Å². The highest BCUT2D eigenvalue weighted by Gasteiger charge is 1.96. The maximum absolute atomic E-state index is 5.63. The van der Waals surface area contributed by atoms with Gasteiger partial charge in [-0.1, -0.05) is 82.4 Å². The van der Waals surface area contributed by atoms with Crippen molar-refractivity contribution in [2.45, 2.75) is 78.1 Å². The van der Waals surface area contributed by atoms with Crippen LogP contribution in [-0.4, -0.2) is 59.5 Å². The average molecular weight is 453 g/mol. The highest BCUT2D eigenvalue weighted by Crippen LogP contribution is 2.11. The van der Waals surface area contributed by atoms with E-state index in [2.05, 4.69) is 13.8 Å². The molecule has 1 aromatic rings. The predicted octanol–water partition coefficient (Wildman–Crippen LogP) is 6.36. The topological polar surface area (TPSA) is 46.2 Å². The zero-order valence-electron chi connectivity index (χ0n) is 20.8. The van der Waals surface area contributed by atoms with Gasteiger partial charge in [-0.2, -0.15) is 0 Å². The SMILES string of the molecule is CCCCCCCCCCCCOCCOCCOCCOCCOc1ccc(C)cc1. The molecule has 0 radical (unpaired) electrons. The van der Waals surface area contributed by atoms with Crippen molar-refractivity contribution in [3.8, 4) is 5.75 Å². The van der Waals surface area contributed by atoms with Crippen LogP contribution in [0.1, 0.15) is 76.7 Å². The third kappa shape index (κ3) is 19.5. The van der Waals surface area contributed by atoms with Crippen LogP contribution in [0.25, 0.3) is 0 Å². The van der Waals surface area contributed by atoms with Gasteiger partial charge in [-0.15, -0.1) is 0 Å². The Kier molecular flexibility index (Phi) is 20.8. The van der Waals surface area contributed by atoms with Gasteiger partial charge < -0.3 is 23.7 Å². The first-order valence-corrected chi connectivity index (χ1v) is 12.8. The molecule has 32 heavy (non-hydrogen) atoms. The normalized spacial score (nSPS) is 11.2. The highest BCUT2D eigenvalue weighted by molar-refractivity contribution is 5.26. The van der Waals surface area contributed by atoms with Crippen LogP contribution >= 0.6 is 0 Å². The van der Waals surface area contributed by atoms with Gasteiger partial charge in [0.1, 0.15) is 12.4 Å². The van der Waals surface area contributed by atoms with Crippen LogP contribution in [0.3, 0.4) is 0 Å². The molecular weight excluding hydrogens is 404 g/mol. The molecule has 0 amide bonds. The Hall–Kier alpha value is -1.14. The minimum Gasteiger partial charge on any atom is -0.491 e. The molecule has 186 valence electrons. The van der Waals surface area contributed by atoms with Gasteiger partial charge in [0.15, 0.2) is 0 Å². The zero-order valence-corrected chi connectivity index (χ0v) is 20.8. The number of ether oxygens (including phenoxy) is 5. The number of aryl methyl sites for hydroxylation is 1. The molecule has 0 saturated carbocycles. The summed E-state index contributed by atoms with van der Waals surface area (Å²) in [4.78, 5) is 0. The largest absolute Gasteiger partial charge is 0.491 e. The van der Waals surface area contributed by atoms with E-state index < -0.39 is 0 Å². The van der Waals surface area contributed by atoms with Crippen LogP contribution < -0.4 is 4.74 Å². The molecule has 0 aliphatic carbocycles. The summed E-state index contributed by atoms with van der Waals surface area (Å²) < 4.78 is 27.8. The highest BCUT2D eigenvalue weighted by atomic mass is 16.6. The summed E-state index contributed by atoms with van der Waals surface area (Å²) in [5.41, 5.74) is 1.23. The number of hydrogen-bond donors (Lipinski definition) is 0. The van der Waals surface area contributed by atoms with E-state index in [9.17, 15) is 0 Å². The fourth-order valence-corrected chi connectivity index (χ4v) is 3.31. The zero-order chi connectivity index (χ0) is 23.0. The molecule has 5 nitrogen and oxygen atoms in total. The molecule has 1 aromatic carbocycles. The van der Waals surface area contributed by atoms with Crippen molar-refractivity contribution in [1.82, 2.24) is 0 Å². The monoisotopic (exact) mass is 452 g/mol. The molecule has 0 saturated heterocycles. The smallest absolute Gasteiger partial charge is 0.119 e. The summed E-state index contributed by atoms with van der Waals surface area (Å²) in [5.74, 6) is 0.875. The van der Waals surface area contributed by atoms with Crippen molar-refractivity contribution >= 4 is 0 Å². The van der Waals surface area contributed by atoms with E-state index in [4.69, 9.17) is 23.7 Å². The van der Waals surface area contributed by atoms with Gasteiger partial charge in [-0.25, -0.2) is 0 Å². The number of hydrogen-bond acceptors (Lipinski definition) is 5. The van der Waals surface area contributed by atoms with Crippen LogP contribution in [0.5, 0.6) is 5.75 Å². The lowest BCUT2D eigenvalue weighted by molar-refractivity contribution is -0.00487. The fraction of sp³-hybridized carbons (Fsp3) is 0.778. The Morgan fingerprint density at radius 3 is 1.38 bits per heavy atom. The van der Waals surface area contributed by atoms with Crippen molar-refractivity contribution in [3.63, 3.8) is 0 Å². The third-order valence-corrected chi connectivity index (χ3v) is 5.28. The maximum atomic E-state index is 5.63. The van der Waals surface area contributed by atoms with Crippen molar-refractivity contribution < 1.29 is 23.7 Å². The molecule has 0 heterocycles. The molecule has 5 heteroatoms. The molecule has 0 fully saturated rings. The molecular formula is C27H48O5. The van der Waals surface area contributed by atoms with Crippen molar-refractivity contribution in [2.75, 3.05) is 59.5 Å². The van der Waals surface area contributed by atoms with Gasteiger partial charge in [0, 0.05) is 6.61 Å². The minimum absolute atomic E-state index is 0.547. The first kappa shape index (κ1) is 28.9. The molecule has 0 aromatic heterocycles. The van der Waals surface area contributed by atoms with Crippen LogP contribution in [0.4, 0.5) is 0 Å². The second-order valence-electron chi connectivity index (χ2n) is 8.29. The van der Waals surface area contributed by atoms with Crippen LogP contribution in [0.2, 0.25) is 0 Å². The van der Waals surface area contributed by atoms with E-state index in [-0.39, 0.29) is 0 Å². The van der Waals surface area contributed by atoms with Crippen LogP contribution in [-0.2, 0) is 18.9 Å². The van der Waals surface area contributed by atoms with E-state index in [0.717, 1.165) is 18.8 Å². The van der Waals surface area contributed by atoms with Gasteiger partial charge in [-0.3, -0.25) is 0 Å². The van der Waals surface area contributed by atoms with Gasteiger partial charge in [-0.05, 0) is 25.5 Å². The molecule has 0 spiro atoms. The first-order valence-electron chi connectivity index (χ1n) is 12.8. The van der Waals surface area contributed by atoms with Crippen LogP contribution in [0.15, 0.2) is 24.3 Å². The number of benzene rings is 1. The molecule has 0 atom stereocenters. The molecule has 1 rings (SSSR count). The second kappa shape index (κ2) is 23.0. The van der Waals surface area contributed by atoms with Crippen LogP contribution in [0, 0.1) is 6.92 Å². The van der Waals surface area contributed by atoms with E-state index in [0.29, 0.717) is 52.9 Å². The standard InChI is InChI=1S/C27H48O5/c1-3-4-5-6-7-8-9-10-11-12-17-28-18-19-29-20-21-30-22-23-31-24-25-32-27-15-13-26(2)14-16-27/h13-16H,3-12,17-25H2,1-2H3. The molecule has 0 N–H and O–H groups in total. The quantitative estimate of drug-likeness (QED) is 0.171. The lowest BCUT2D eigenvalue weighted by Gasteiger charge is -2.08. The van der Waals surface area contributed by atoms with Crippen molar-refractivity contribution in [3.05, 3.63) is 29.8 Å². The summed E-state index contributed by atoms with van der Waals surface area (Å²) in [6.07, 6.45) is 13.5. The minimum atomic E-state index is 0.547. The van der Waals surface area contributed by atoms with E-state index in [1.54, 1.807) is 0 Å². The Morgan fingerprint density at radius 2 is 0.875 bits per heavy atom. The Balaban J connectivity index is 1.67. The molecule has 0 aliphatic rings. The molecule has 0 aliphatic heterocycles. The lowest BCUT2D eigenvalue weighted by atomic mass is 10.1. The van der Waals surface area contributed by atoms with E-state index in [1.165, 1.54) is 63.4 Å². The lowest BCUT2D eigenvalue weighted by Crippen LogP contribution is -2.13. The average Bonchev–Trinajstić information content (AvgIpc) is 2.81. The fourth-order valence-electron chi connectivity index (χ4n) is 3.31. The van der Waals surface area contributed by atoms with Gasteiger partial charge in [0.05, 0.1) is 46.2 Å². The Labute approximate surface area is 197 Å².